The van der Waals surface area contributed by atoms with Crippen LogP contribution in [-0.4, -0.2) is 39.3 Å². The first-order valence-corrected chi connectivity index (χ1v) is 15.4. The Morgan fingerprint density at radius 3 is 1.89 bits per heavy atom. The second-order valence-electron chi connectivity index (χ2n) is 10.7. The Morgan fingerprint density at radius 2 is 1.45 bits per heavy atom. The predicted molar refractivity (Wildman–Crippen MR) is 140 cm³/mol. The SMILES string of the molecule is CN(CC(CCO[Si](C)(C)C(C)(C)C)c1ccc(Cl)c(Cl)c1)C(=O)c1cc(C(F)(F)F)cc(C(F)(F)F)c1. The van der Waals surface area contributed by atoms with E-state index in [4.69, 9.17) is 27.6 Å². The molecule has 2 aromatic carbocycles. The lowest BCUT2D eigenvalue weighted by atomic mass is 9.95. The molecule has 3 nitrogen and oxygen atoms in total. The number of carbonyl (C=O) groups excluding carboxylic acids is 1. The third-order valence-electron chi connectivity index (χ3n) is 6.83. The maximum atomic E-state index is 13.3. The van der Waals surface area contributed by atoms with Gasteiger partial charge in [-0.1, -0.05) is 50.0 Å². The fourth-order valence-corrected chi connectivity index (χ4v) is 4.88. The lowest BCUT2D eigenvalue weighted by molar-refractivity contribution is -0.143. The molecular formula is C26H31Cl2F6NO2Si. The van der Waals surface area contributed by atoms with Crippen LogP contribution in [-0.2, 0) is 16.8 Å². The van der Waals surface area contributed by atoms with E-state index >= 15 is 0 Å². The second-order valence-corrected chi connectivity index (χ2v) is 16.4. The van der Waals surface area contributed by atoms with Gasteiger partial charge >= 0.3 is 12.4 Å². The Bertz CT molecular complexity index is 1110. The molecule has 0 radical (unpaired) electrons. The summed E-state index contributed by atoms with van der Waals surface area (Å²) in [5.41, 5.74) is -3.10. The van der Waals surface area contributed by atoms with Crippen LogP contribution in [0.4, 0.5) is 26.3 Å². The van der Waals surface area contributed by atoms with Gasteiger partial charge in [0, 0.05) is 31.7 Å². The topological polar surface area (TPSA) is 29.5 Å². The van der Waals surface area contributed by atoms with E-state index in [2.05, 4.69) is 33.9 Å². The molecule has 1 unspecified atom stereocenters. The molecule has 0 aliphatic heterocycles. The lowest BCUT2D eigenvalue weighted by Gasteiger charge is -2.36. The number of carbonyl (C=O) groups is 1. The highest BCUT2D eigenvalue weighted by Crippen LogP contribution is 2.38. The van der Waals surface area contributed by atoms with Gasteiger partial charge in [-0.25, -0.2) is 0 Å². The van der Waals surface area contributed by atoms with Crippen LogP contribution >= 0.6 is 23.2 Å². The Balaban J connectivity index is 2.37. The molecular weight excluding hydrogens is 571 g/mol. The van der Waals surface area contributed by atoms with Crippen molar-refractivity contribution in [2.24, 2.45) is 0 Å². The number of alkyl halides is 6. The third kappa shape index (κ3) is 8.37. The first-order chi connectivity index (χ1) is 17.1. The van der Waals surface area contributed by atoms with Crippen LogP contribution in [0.5, 0.6) is 0 Å². The average Bonchev–Trinajstić information content (AvgIpc) is 2.77. The van der Waals surface area contributed by atoms with E-state index in [0.717, 1.165) is 4.90 Å². The number of benzene rings is 2. The van der Waals surface area contributed by atoms with Gasteiger partial charge in [-0.05, 0) is 60.4 Å². The van der Waals surface area contributed by atoms with E-state index in [1.807, 2.05) is 0 Å². The van der Waals surface area contributed by atoms with Gasteiger partial charge in [-0.2, -0.15) is 26.3 Å². The van der Waals surface area contributed by atoms with E-state index in [-0.39, 0.29) is 28.6 Å². The van der Waals surface area contributed by atoms with Gasteiger partial charge in [-0.3, -0.25) is 4.79 Å². The van der Waals surface area contributed by atoms with Crippen molar-refractivity contribution in [1.29, 1.82) is 0 Å². The first kappa shape index (κ1) is 32.5. The van der Waals surface area contributed by atoms with Crippen LogP contribution in [0.3, 0.4) is 0 Å². The van der Waals surface area contributed by atoms with Gasteiger partial charge in [0.15, 0.2) is 8.32 Å². The van der Waals surface area contributed by atoms with Crippen molar-refractivity contribution in [3.8, 4) is 0 Å². The number of amides is 1. The first-order valence-electron chi connectivity index (χ1n) is 11.8. The summed E-state index contributed by atoms with van der Waals surface area (Å²) < 4.78 is 86.0. The molecule has 0 bridgehead atoms. The normalized spacial score (nSPS) is 13.9. The molecule has 0 aliphatic rings. The highest BCUT2D eigenvalue weighted by molar-refractivity contribution is 6.74. The summed E-state index contributed by atoms with van der Waals surface area (Å²) in [6.07, 6.45) is -9.68. The maximum absolute atomic E-state index is 13.3. The van der Waals surface area contributed by atoms with Crippen LogP contribution in [0.15, 0.2) is 36.4 Å². The van der Waals surface area contributed by atoms with E-state index in [1.165, 1.54) is 7.05 Å². The zero-order valence-electron chi connectivity index (χ0n) is 22.0. The van der Waals surface area contributed by atoms with Crippen molar-refractivity contribution < 1.29 is 35.6 Å². The second kappa shape index (κ2) is 11.8. The molecule has 0 spiro atoms. The van der Waals surface area contributed by atoms with Crippen LogP contribution in [0.1, 0.15) is 60.2 Å². The molecule has 1 atom stereocenters. The van der Waals surface area contributed by atoms with Gasteiger partial charge in [-0.15, -0.1) is 0 Å². The fraction of sp³-hybridized carbons (Fsp3) is 0.500. The molecule has 38 heavy (non-hydrogen) atoms. The molecule has 0 fully saturated rings. The molecule has 0 saturated heterocycles. The van der Waals surface area contributed by atoms with Gasteiger partial charge in [0.25, 0.3) is 5.91 Å². The van der Waals surface area contributed by atoms with E-state index < -0.39 is 43.3 Å². The zero-order chi connectivity index (χ0) is 29.3. The zero-order valence-corrected chi connectivity index (χ0v) is 24.5. The molecule has 1 amide bonds. The van der Waals surface area contributed by atoms with Crippen LogP contribution in [0, 0.1) is 0 Å². The highest BCUT2D eigenvalue weighted by atomic mass is 35.5. The minimum Gasteiger partial charge on any atom is -0.417 e. The number of hydrogen-bond donors (Lipinski definition) is 0. The van der Waals surface area contributed by atoms with E-state index in [1.54, 1.807) is 18.2 Å². The number of rotatable bonds is 8. The third-order valence-corrected chi connectivity index (χ3v) is 12.1. The lowest BCUT2D eigenvalue weighted by Crippen LogP contribution is -2.41. The van der Waals surface area contributed by atoms with Gasteiger partial charge in [0.05, 0.1) is 21.2 Å². The summed E-state index contributed by atoms with van der Waals surface area (Å²) in [5, 5.41) is 0.555. The number of halogens is 8. The van der Waals surface area contributed by atoms with Crippen LogP contribution in [0.2, 0.25) is 28.2 Å². The van der Waals surface area contributed by atoms with Crippen molar-refractivity contribution in [3.05, 3.63) is 68.7 Å². The van der Waals surface area contributed by atoms with Gasteiger partial charge in [0.1, 0.15) is 0 Å². The molecule has 0 aromatic heterocycles. The molecule has 0 aliphatic carbocycles. The summed E-state index contributed by atoms with van der Waals surface area (Å²) in [6, 6.07) is 5.80. The molecule has 2 aromatic rings. The summed E-state index contributed by atoms with van der Waals surface area (Å²) in [7, 11) is -0.768. The summed E-state index contributed by atoms with van der Waals surface area (Å²) in [5.74, 6) is -1.35. The molecule has 12 heteroatoms. The van der Waals surface area contributed by atoms with Crippen molar-refractivity contribution in [3.63, 3.8) is 0 Å². The Kier molecular flexibility index (Phi) is 10.1. The minimum atomic E-state index is -5.06. The molecule has 0 saturated carbocycles. The molecule has 0 heterocycles. The van der Waals surface area contributed by atoms with E-state index in [9.17, 15) is 31.1 Å². The molecule has 2 rings (SSSR count). The maximum Gasteiger partial charge on any atom is 0.416 e. The molecule has 212 valence electrons. The van der Waals surface area contributed by atoms with E-state index in [0.29, 0.717) is 35.7 Å². The number of nitrogens with zero attached hydrogens (tertiary/aromatic N) is 1. The van der Waals surface area contributed by atoms with Gasteiger partial charge in [0.2, 0.25) is 0 Å². The smallest absolute Gasteiger partial charge is 0.416 e. The number of likely N-dealkylation sites (N-methyl/N-ethyl adjacent to an activating group) is 1. The van der Waals surface area contributed by atoms with Gasteiger partial charge < -0.3 is 9.33 Å². The minimum absolute atomic E-state index is 0.00471. The quantitative estimate of drug-likeness (QED) is 0.223. The largest absolute Gasteiger partial charge is 0.417 e. The Morgan fingerprint density at radius 1 is 0.921 bits per heavy atom. The fourth-order valence-electron chi connectivity index (χ4n) is 3.51. The Hall–Kier alpha value is -1.75. The van der Waals surface area contributed by atoms with Crippen LogP contribution in [0.25, 0.3) is 0 Å². The Labute approximate surface area is 230 Å². The summed E-state index contributed by atoms with van der Waals surface area (Å²) in [4.78, 5) is 14.2. The highest BCUT2D eigenvalue weighted by Gasteiger charge is 2.39. The standard InChI is InChI=1S/C26H31Cl2F6NO2Si/c1-24(2,3)38(5,6)37-10-9-17(16-7-8-21(27)22(28)13-16)15-35(4)23(36)18-11-19(25(29,30)31)14-20(12-18)26(32,33)34/h7-8,11-14,17H,9-10,15H2,1-6H3. The van der Waals surface area contributed by atoms with Crippen molar-refractivity contribution in [1.82, 2.24) is 4.90 Å². The molecule has 0 N–H and O–H groups in total. The monoisotopic (exact) mass is 601 g/mol. The number of hydrogen-bond acceptors (Lipinski definition) is 2. The van der Waals surface area contributed by atoms with Crippen LogP contribution < -0.4 is 0 Å². The van der Waals surface area contributed by atoms with Crippen molar-refractivity contribution >= 4 is 37.4 Å². The van der Waals surface area contributed by atoms with Crippen molar-refractivity contribution in [2.75, 3.05) is 20.2 Å². The summed E-state index contributed by atoms with van der Waals surface area (Å²) >= 11 is 12.2. The average molecular weight is 603 g/mol. The predicted octanol–water partition coefficient (Wildman–Crippen LogP) is 9.30. The van der Waals surface area contributed by atoms with Crippen molar-refractivity contribution in [2.45, 2.75) is 63.6 Å². The summed E-state index contributed by atoms with van der Waals surface area (Å²) in [6.45, 7) is 10.8.